The number of benzene rings is 3. The van der Waals surface area contributed by atoms with Gasteiger partial charge in [0.15, 0.2) is 0 Å². The minimum Gasteiger partial charge on any atom is -0.289 e. The van der Waals surface area contributed by atoms with Crippen LogP contribution in [0.1, 0.15) is 30.0 Å². The zero-order chi connectivity index (χ0) is 23.8. The summed E-state index contributed by atoms with van der Waals surface area (Å²) < 4.78 is 52.6. The lowest BCUT2D eigenvalue weighted by Crippen LogP contribution is -2.18. The number of allylic oxidation sites excluding steroid dienone is 2. The Bertz CT molecular complexity index is 1410. The molecule has 0 saturated carbocycles. The van der Waals surface area contributed by atoms with E-state index in [1.165, 1.54) is 36.4 Å². The van der Waals surface area contributed by atoms with Crippen molar-refractivity contribution in [3.05, 3.63) is 101 Å². The van der Waals surface area contributed by atoms with Crippen molar-refractivity contribution >= 4 is 33.0 Å². The maximum absolute atomic E-state index is 13.9. The van der Waals surface area contributed by atoms with Crippen molar-refractivity contribution in [2.24, 2.45) is 0 Å². The third-order valence-corrected chi connectivity index (χ3v) is 7.33. The van der Waals surface area contributed by atoms with Crippen molar-refractivity contribution < 1.29 is 27.2 Å². The highest BCUT2D eigenvalue weighted by molar-refractivity contribution is 7.91. The first-order valence-corrected chi connectivity index (χ1v) is 11.4. The second-order valence-corrected chi connectivity index (χ2v) is 9.54. The minimum atomic E-state index is -3.80. The topological polar surface area (TPSA) is 83.5 Å². The second kappa shape index (κ2) is 8.73. The van der Waals surface area contributed by atoms with Crippen LogP contribution in [0.25, 0.3) is 17.2 Å². The van der Waals surface area contributed by atoms with Crippen molar-refractivity contribution in [2.75, 3.05) is 0 Å². The summed E-state index contributed by atoms with van der Waals surface area (Å²) in [4.78, 5) is 11.8. The summed E-state index contributed by atoms with van der Waals surface area (Å²) in [7, 11) is -3.80. The van der Waals surface area contributed by atoms with Crippen LogP contribution in [0.2, 0.25) is 0 Å². The molecule has 1 aliphatic rings. The average Bonchev–Trinajstić information content (AvgIpc) is 3.04. The van der Waals surface area contributed by atoms with Crippen molar-refractivity contribution in [2.45, 2.75) is 23.1 Å². The minimum absolute atomic E-state index is 0.00710. The molecule has 1 aliphatic carbocycles. The molecular weight excluding hydrogens is 448 g/mol. The molecule has 0 bridgehead atoms. The molecule has 8 heteroatoms. The predicted molar refractivity (Wildman–Crippen MR) is 120 cm³/mol. The molecule has 0 fully saturated rings. The molecule has 0 atom stereocenters. The van der Waals surface area contributed by atoms with Crippen LogP contribution < -0.4 is 5.48 Å². The van der Waals surface area contributed by atoms with E-state index >= 15 is 0 Å². The molecule has 0 aromatic heterocycles. The predicted octanol–water partition coefficient (Wildman–Crippen LogP) is 5.02. The summed E-state index contributed by atoms with van der Waals surface area (Å²) in [6.45, 7) is 1.80. The van der Waals surface area contributed by atoms with Gasteiger partial charge in [0.2, 0.25) is 15.7 Å². The molecule has 0 heterocycles. The molecule has 0 radical (unpaired) electrons. The van der Waals surface area contributed by atoms with Crippen molar-refractivity contribution in [1.29, 1.82) is 0 Å². The fourth-order valence-corrected chi connectivity index (χ4v) is 5.10. The van der Waals surface area contributed by atoms with E-state index in [0.29, 0.717) is 16.7 Å². The molecule has 2 N–H and O–H groups in total. The van der Waals surface area contributed by atoms with Gasteiger partial charge in [-0.05, 0) is 94.9 Å². The van der Waals surface area contributed by atoms with Gasteiger partial charge in [0, 0.05) is 0 Å². The van der Waals surface area contributed by atoms with E-state index in [9.17, 15) is 22.0 Å². The first-order chi connectivity index (χ1) is 15.7. The van der Waals surface area contributed by atoms with Gasteiger partial charge in [0.1, 0.15) is 11.6 Å². The Morgan fingerprint density at radius 1 is 0.909 bits per heavy atom. The molecule has 33 heavy (non-hydrogen) atoms. The van der Waals surface area contributed by atoms with E-state index in [1.54, 1.807) is 30.6 Å². The molecule has 0 unspecified atom stereocenters. The number of sulfone groups is 1. The third kappa shape index (κ3) is 4.35. The summed E-state index contributed by atoms with van der Waals surface area (Å²) in [6.07, 6.45) is 1.70. The Balaban J connectivity index is 1.72. The number of hydroxylamine groups is 1. The van der Waals surface area contributed by atoms with Crippen molar-refractivity contribution in [3.63, 3.8) is 0 Å². The Morgan fingerprint density at radius 2 is 1.48 bits per heavy atom. The van der Waals surface area contributed by atoms with Gasteiger partial charge < -0.3 is 0 Å². The molecule has 0 spiro atoms. The maximum atomic E-state index is 13.9. The van der Waals surface area contributed by atoms with Crippen LogP contribution in [0.5, 0.6) is 0 Å². The summed E-state index contributed by atoms with van der Waals surface area (Å²) in [5, 5.41) is 8.89. The van der Waals surface area contributed by atoms with Crippen LogP contribution >= 0.6 is 0 Å². The fraction of sp³-hybridized carbons (Fsp3) is 0.0800. The fourth-order valence-electron chi connectivity index (χ4n) is 3.84. The van der Waals surface area contributed by atoms with Crippen LogP contribution in [0.3, 0.4) is 0 Å². The highest BCUT2D eigenvalue weighted by Gasteiger charge is 2.26. The molecule has 4 rings (SSSR count). The molecule has 0 aliphatic heterocycles. The standard InChI is InChI=1S/C25H19F2NO4S/c1-15-22(21-11-6-18(27)13-24(21)23(15)14-25(29)28-30)12-16-2-7-19(8-3-16)33(31,32)20-9-4-17(26)5-10-20/h2-13,30H,14H2,1H3,(H,28,29)/b22-12-. The maximum Gasteiger partial charge on any atom is 0.247 e. The van der Waals surface area contributed by atoms with Crippen LogP contribution in [0.4, 0.5) is 8.78 Å². The van der Waals surface area contributed by atoms with E-state index in [0.717, 1.165) is 28.8 Å². The van der Waals surface area contributed by atoms with Gasteiger partial charge in [-0.15, -0.1) is 0 Å². The summed E-state index contributed by atoms with van der Waals surface area (Å²) >= 11 is 0. The summed E-state index contributed by atoms with van der Waals surface area (Å²) in [6, 6.07) is 15.1. The summed E-state index contributed by atoms with van der Waals surface area (Å²) in [5.41, 5.74) is 5.71. The van der Waals surface area contributed by atoms with E-state index in [2.05, 4.69) is 0 Å². The van der Waals surface area contributed by atoms with Gasteiger partial charge in [-0.1, -0.05) is 18.2 Å². The number of hydrogen-bond acceptors (Lipinski definition) is 4. The molecular formula is C25H19F2NO4S. The Kier molecular flexibility index (Phi) is 5.97. The van der Waals surface area contributed by atoms with Gasteiger partial charge in [-0.2, -0.15) is 0 Å². The smallest absolute Gasteiger partial charge is 0.247 e. The monoisotopic (exact) mass is 467 g/mol. The number of halogens is 2. The number of amides is 1. The van der Waals surface area contributed by atoms with Crippen LogP contribution in [0.15, 0.2) is 82.1 Å². The van der Waals surface area contributed by atoms with E-state index in [-0.39, 0.29) is 16.2 Å². The second-order valence-electron chi connectivity index (χ2n) is 7.59. The number of fused-ring (bicyclic) bond motifs is 1. The van der Waals surface area contributed by atoms with Crippen LogP contribution in [-0.4, -0.2) is 19.5 Å². The zero-order valence-electron chi connectivity index (χ0n) is 17.5. The Hall–Kier alpha value is -3.62. The third-order valence-electron chi connectivity index (χ3n) is 5.54. The van der Waals surface area contributed by atoms with Crippen molar-refractivity contribution in [1.82, 2.24) is 5.48 Å². The Labute approximate surface area is 189 Å². The van der Waals surface area contributed by atoms with Crippen LogP contribution in [0, 0.1) is 11.6 Å². The molecule has 168 valence electrons. The lowest BCUT2D eigenvalue weighted by atomic mass is 10.0. The van der Waals surface area contributed by atoms with Gasteiger partial charge in [-0.3, -0.25) is 10.0 Å². The van der Waals surface area contributed by atoms with Gasteiger partial charge in [-0.25, -0.2) is 22.7 Å². The Morgan fingerprint density at radius 3 is 2.09 bits per heavy atom. The SMILES string of the molecule is CC1=C(CC(=O)NO)c2cc(F)ccc2/C1=C\c1ccc(S(=O)(=O)c2ccc(F)cc2)cc1. The van der Waals surface area contributed by atoms with Gasteiger partial charge in [0.25, 0.3) is 0 Å². The molecule has 3 aromatic carbocycles. The van der Waals surface area contributed by atoms with E-state index in [4.69, 9.17) is 5.21 Å². The average molecular weight is 467 g/mol. The lowest BCUT2D eigenvalue weighted by Gasteiger charge is -2.07. The first kappa shape index (κ1) is 22.6. The summed E-state index contributed by atoms with van der Waals surface area (Å²) in [5.74, 6) is -1.58. The van der Waals surface area contributed by atoms with E-state index < -0.39 is 27.4 Å². The van der Waals surface area contributed by atoms with E-state index in [1.807, 2.05) is 6.08 Å². The number of rotatable bonds is 5. The number of hydrogen-bond donors (Lipinski definition) is 2. The normalized spacial score (nSPS) is 14.5. The van der Waals surface area contributed by atoms with Crippen LogP contribution in [-0.2, 0) is 14.6 Å². The highest BCUT2D eigenvalue weighted by Crippen LogP contribution is 2.43. The number of carbonyl (C=O) groups is 1. The van der Waals surface area contributed by atoms with Crippen molar-refractivity contribution in [3.8, 4) is 0 Å². The molecule has 3 aromatic rings. The molecule has 5 nitrogen and oxygen atoms in total. The number of nitrogens with one attached hydrogen (secondary N) is 1. The van der Waals surface area contributed by atoms with Gasteiger partial charge in [0.05, 0.1) is 16.2 Å². The lowest BCUT2D eigenvalue weighted by molar-refractivity contribution is -0.128. The highest BCUT2D eigenvalue weighted by atomic mass is 32.2. The largest absolute Gasteiger partial charge is 0.289 e. The zero-order valence-corrected chi connectivity index (χ0v) is 18.3. The molecule has 1 amide bonds. The number of carbonyl (C=O) groups excluding carboxylic acids is 1. The first-order valence-electron chi connectivity index (χ1n) is 9.96. The molecule has 0 saturated heterocycles. The quantitative estimate of drug-likeness (QED) is 0.314. The van der Waals surface area contributed by atoms with Gasteiger partial charge >= 0.3 is 0 Å².